The highest BCUT2D eigenvalue weighted by atomic mass is 32.2. The number of benzene rings is 1. The van der Waals surface area contributed by atoms with Crippen molar-refractivity contribution in [3.8, 4) is 0 Å². The molecule has 0 atom stereocenters. The van der Waals surface area contributed by atoms with Crippen LogP contribution in [0.5, 0.6) is 0 Å². The van der Waals surface area contributed by atoms with E-state index in [0.29, 0.717) is 19.6 Å². The van der Waals surface area contributed by atoms with Gasteiger partial charge >= 0.3 is 6.03 Å². The first-order valence-corrected chi connectivity index (χ1v) is 9.48. The largest absolute Gasteiger partial charge is 0.338 e. The Morgan fingerprint density at radius 2 is 2.04 bits per heavy atom. The quantitative estimate of drug-likeness (QED) is 0.859. The van der Waals surface area contributed by atoms with Gasteiger partial charge in [0, 0.05) is 25.7 Å². The zero-order valence-electron chi connectivity index (χ0n) is 13.9. The fourth-order valence-corrected chi connectivity index (χ4v) is 3.90. The van der Waals surface area contributed by atoms with Crippen molar-refractivity contribution < 1.29 is 13.2 Å². The van der Waals surface area contributed by atoms with E-state index < -0.39 is 10.0 Å². The molecule has 0 spiro atoms. The Morgan fingerprint density at radius 3 is 2.70 bits per heavy atom. The van der Waals surface area contributed by atoms with E-state index in [0.717, 1.165) is 24.0 Å². The smallest absolute Gasteiger partial charge is 0.317 e. The number of rotatable bonds is 5. The van der Waals surface area contributed by atoms with Crippen molar-refractivity contribution in [2.45, 2.75) is 51.1 Å². The Balaban J connectivity index is 2.19. The number of hydrogen-bond acceptors (Lipinski definition) is 3. The lowest BCUT2D eigenvalue weighted by Gasteiger charge is -2.29. The van der Waals surface area contributed by atoms with Crippen LogP contribution in [0.3, 0.4) is 0 Å². The van der Waals surface area contributed by atoms with Crippen LogP contribution < -0.4 is 10.0 Å². The Morgan fingerprint density at radius 1 is 1.30 bits per heavy atom. The summed E-state index contributed by atoms with van der Waals surface area (Å²) in [5, 5.41) is 2.86. The summed E-state index contributed by atoms with van der Waals surface area (Å²) in [6.07, 6.45) is 1.63. The molecule has 2 rings (SSSR count). The van der Waals surface area contributed by atoms with Crippen LogP contribution >= 0.6 is 0 Å². The maximum atomic E-state index is 12.3. The first-order chi connectivity index (χ1) is 10.8. The Labute approximate surface area is 138 Å². The summed E-state index contributed by atoms with van der Waals surface area (Å²) in [6, 6.07) is 4.92. The zero-order chi connectivity index (χ0) is 17.0. The number of amides is 2. The number of carbonyl (C=O) groups is 1. The van der Waals surface area contributed by atoms with Crippen molar-refractivity contribution >= 4 is 16.1 Å². The number of fused-ring (bicyclic) bond motifs is 1. The Kier molecular flexibility index (Phi) is 5.64. The number of carbonyl (C=O) groups excluding carboxylic acids is 1. The minimum atomic E-state index is -3.51. The molecule has 0 radical (unpaired) electrons. The molecule has 1 aromatic rings. The molecule has 7 heteroatoms. The SMILES string of the molecule is CCCNC(=O)N1CCc2ccc(S(=O)(=O)NC(C)C)cc2C1. The second kappa shape index (κ2) is 7.31. The maximum absolute atomic E-state index is 12.3. The Hall–Kier alpha value is -1.60. The third kappa shape index (κ3) is 4.45. The first-order valence-electron chi connectivity index (χ1n) is 8.00. The lowest BCUT2D eigenvalue weighted by molar-refractivity contribution is 0.192. The molecule has 0 unspecified atom stereocenters. The lowest BCUT2D eigenvalue weighted by Crippen LogP contribution is -2.43. The van der Waals surface area contributed by atoms with Gasteiger partial charge in [-0.2, -0.15) is 0 Å². The lowest BCUT2D eigenvalue weighted by atomic mass is 10.0. The van der Waals surface area contributed by atoms with Crippen LogP contribution in [0.1, 0.15) is 38.3 Å². The van der Waals surface area contributed by atoms with Crippen molar-refractivity contribution in [1.82, 2.24) is 14.9 Å². The van der Waals surface area contributed by atoms with Crippen molar-refractivity contribution in [2.24, 2.45) is 0 Å². The molecule has 2 amide bonds. The van der Waals surface area contributed by atoms with E-state index in [2.05, 4.69) is 10.0 Å². The van der Waals surface area contributed by atoms with Crippen molar-refractivity contribution in [1.29, 1.82) is 0 Å². The van der Waals surface area contributed by atoms with E-state index in [4.69, 9.17) is 0 Å². The number of urea groups is 1. The van der Waals surface area contributed by atoms with Gasteiger partial charge in [-0.1, -0.05) is 13.0 Å². The second-order valence-electron chi connectivity index (χ2n) is 6.11. The summed E-state index contributed by atoms with van der Waals surface area (Å²) >= 11 is 0. The van der Waals surface area contributed by atoms with E-state index in [1.165, 1.54) is 0 Å². The second-order valence-corrected chi connectivity index (χ2v) is 7.82. The molecule has 1 heterocycles. The molecular weight excluding hydrogens is 314 g/mol. The highest BCUT2D eigenvalue weighted by molar-refractivity contribution is 7.89. The molecular formula is C16H25N3O3S. The summed E-state index contributed by atoms with van der Waals surface area (Å²) in [7, 11) is -3.51. The van der Waals surface area contributed by atoms with E-state index in [9.17, 15) is 13.2 Å². The van der Waals surface area contributed by atoms with Gasteiger partial charge in [0.1, 0.15) is 0 Å². The molecule has 0 bridgehead atoms. The summed E-state index contributed by atoms with van der Waals surface area (Å²) in [6.45, 7) is 7.32. The average molecular weight is 339 g/mol. The van der Waals surface area contributed by atoms with E-state index in [1.807, 2.05) is 13.0 Å². The van der Waals surface area contributed by atoms with Crippen LogP contribution in [0.25, 0.3) is 0 Å². The molecule has 1 aliphatic rings. The monoisotopic (exact) mass is 339 g/mol. The molecule has 0 saturated carbocycles. The standard InChI is InChI=1S/C16H25N3O3S/c1-4-8-17-16(20)19-9-7-13-5-6-15(10-14(13)11-19)23(21,22)18-12(2)3/h5-6,10,12,18H,4,7-9,11H2,1-3H3,(H,17,20). The number of nitrogens with zero attached hydrogens (tertiary/aromatic N) is 1. The van der Waals surface area contributed by atoms with Gasteiger partial charge in [-0.3, -0.25) is 0 Å². The Bertz CT molecular complexity index is 671. The molecule has 1 aliphatic heterocycles. The minimum absolute atomic E-state index is 0.0916. The van der Waals surface area contributed by atoms with Crippen molar-refractivity contribution in [2.75, 3.05) is 13.1 Å². The maximum Gasteiger partial charge on any atom is 0.317 e. The van der Waals surface area contributed by atoms with E-state index >= 15 is 0 Å². The van der Waals surface area contributed by atoms with Gasteiger partial charge in [-0.05, 0) is 49.9 Å². The van der Waals surface area contributed by atoms with Gasteiger partial charge in [0.2, 0.25) is 10.0 Å². The predicted molar refractivity (Wildman–Crippen MR) is 89.7 cm³/mol. The van der Waals surface area contributed by atoms with Crippen LogP contribution in [0, 0.1) is 0 Å². The number of sulfonamides is 1. The fourth-order valence-electron chi connectivity index (χ4n) is 2.60. The summed E-state index contributed by atoms with van der Waals surface area (Å²) in [5.41, 5.74) is 2.00. The molecule has 0 fully saturated rings. The van der Waals surface area contributed by atoms with Gasteiger partial charge in [0.25, 0.3) is 0 Å². The van der Waals surface area contributed by atoms with Gasteiger partial charge in [0.15, 0.2) is 0 Å². The molecule has 1 aromatic carbocycles. The normalized spacial score (nSPS) is 14.7. The van der Waals surface area contributed by atoms with Crippen LogP contribution in [0.15, 0.2) is 23.1 Å². The highest BCUT2D eigenvalue weighted by Crippen LogP contribution is 2.22. The summed E-state index contributed by atoms with van der Waals surface area (Å²) < 4.78 is 27.1. The number of nitrogens with one attached hydrogen (secondary N) is 2. The predicted octanol–water partition coefficient (Wildman–Crippen LogP) is 1.85. The molecule has 6 nitrogen and oxygen atoms in total. The highest BCUT2D eigenvalue weighted by Gasteiger charge is 2.23. The summed E-state index contributed by atoms with van der Waals surface area (Å²) in [4.78, 5) is 14.1. The van der Waals surface area contributed by atoms with Gasteiger partial charge in [0.05, 0.1) is 4.90 Å². The van der Waals surface area contributed by atoms with E-state index in [-0.39, 0.29) is 17.0 Å². The van der Waals surface area contributed by atoms with Crippen LogP contribution in [0.2, 0.25) is 0 Å². The van der Waals surface area contributed by atoms with Crippen LogP contribution in [-0.4, -0.2) is 38.5 Å². The average Bonchev–Trinajstić information content (AvgIpc) is 2.50. The molecule has 0 aromatic heterocycles. The van der Waals surface area contributed by atoms with Crippen LogP contribution in [-0.2, 0) is 23.0 Å². The third-order valence-corrected chi connectivity index (χ3v) is 5.36. The van der Waals surface area contributed by atoms with Crippen LogP contribution in [0.4, 0.5) is 4.79 Å². The third-order valence-electron chi connectivity index (χ3n) is 3.70. The van der Waals surface area contributed by atoms with Crippen molar-refractivity contribution in [3.05, 3.63) is 29.3 Å². The first kappa shape index (κ1) is 17.7. The number of hydrogen-bond donors (Lipinski definition) is 2. The minimum Gasteiger partial charge on any atom is -0.338 e. The van der Waals surface area contributed by atoms with E-state index in [1.54, 1.807) is 30.9 Å². The van der Waals surface area contributed by atoms with Gasteiger partial charge < -0.3 is 10.2 Å². The fraction of sp³-hybridized carbons (Fsp3) is 0.562. The van der Waals surface area contributed by atoms with Gasteiger partial charge in [-0.15, -0.1) is 0 Å². The zero-order valence-corrected chi connectivity index (χ0v) is 14.7. The van der Waals surface area contributed by atoms with Gasteiger partial charge in [-0.25, -0.2) is 17.9 Å². The molecule has 0 saturated heterocycles. The van der Waals surface area contributed by atoms with Crippen molar-refractivity contribution in [3.63, 3.8) is 0 Å². The molecule has 128 valence electrons. The molecule has 23 heavy (non-hydrogen) atoms. The topological polar surface area (TPSA) is 78.5 Å². The molecule has 2 N–H and O–H groups in total. The molecule has 0 aliphatic carbocycles. The summed E-state index contributed by atoms with van der Waals surface area (Å²) in [5.74, 6) is 0.